The van der Waals surface area contributed by atoms with E-state index in [9.17, 15) is 9.90 Å². The third kappa shape index (κ3) is 5.18. The minimum absolute atomic E-state index is 0.0289. The number of aliphatic hydroxyl groups excluding tert-OH is 1. The van der Waals surface area contributed by atoms with Crippen LogP contribution in [0, 0.1) is 0 Å². The number of carbonyl (C=O) groups is 1. The third-order valence-corrected chi connectivity index (χ3v) is 2.19. The molecular weight excluding hydrogens is 236 g/mol. The van der Waals surface area contributed by atoms with Crippen molar-refractivity contribution in [1.29, 1.82) is 0 Å². The van der Waals surface area contributed by atoms with Crippen LogP contribution in [-0.4, -0.2) is 40.2 Å². The zero-order chi connectivity index (χ0) is 13.4. The van der Waals surface area contributed by atoms with E-state index in [1.54, 1.807) is 24.0 Å². The molecule has 1 aromatic heterocycles. The molecule has 6 nitrogen and oxygen atoms in total. The molecule has 0 fully saturated rings. The first kappa shape index (κ1) is 14.5. The summed E-state index contributed by atoms with van der Waals surface area (Å²) in [5, 5.41) is 13.7. The number of hydrogen-bond acceptors (Lipinski definition) is 5. The summed E-state index contributed by atoms with van der Waals surface area (Å²) in [5.41, 5.74) is 0. The Bertz CT molecular complexity index is 365. The fourth-order valence-electron chi connectivity index (χ4n) is 1.43. The van der Waals surface area contributed by atoms with E-state index in [-0.39, 0.29) is 13.0 Å². The van der Waals surface area contributed by atoms with Gasteiger partial charge in [-0.25, -0.2) is 0 Å². The van der Waals surface area contributed by atoms with Crippen molar-refractivity contribution in [1.82, 2.24) is 9.78 Å². The van der Waals surface area contributed by atoms with E-state index in [0.29, 0.717) is 19.0 Å². The van der Waals surface area contributed by atoms with Gasteiger partial charge < -0.3 is 14.6 Å². The largest absolute Gasteiger partial charge is 0.490 e. The fourth-order valence-corrected chi connectivity index (χ4v) is 1.43. The minimum atomic E-state index is -0.803. The highest BCUT2D eigenvalue weighted by Crippen LogP contribution is 2.09. The van der Waals surface area contributed by atoms with Gasteiger partial charge in [-0.3, -0.25) is 9.48 Å². The molecule has 1 unspecified atom stereocenters. The molecule has 0 bridgehead atoms. The molecule has 0 aromatic carbocycles. The van der Waals surface area contributed by atoms with E-state index in [0.717, 1.165) is 6.42 Å². The summed E-state index contributed by atoms with van der Waals surface area (Å²) in [6.07, 6.45) is 3.38. The van der Waals surface area contributed by atoms with E-state index in [4.69, 9.17) is 9.47 Å². The molecule has 1 atom stereocenters. The van der Waals surface area contributed by atoms with Crippen LogP contribution in [0.15, 0.2) is 12.4 Å². The molecular formula is C12H20N2O4. The lowest BCUT2D eigenvalue weighted by molar-refractivity contribution is -0.145. The van der Waals surface area contributed by atoms with Crippen LogP contribution >= 0.6 is 0 Å². The van der Waals surface area contributed by atoms with Crippen molar-refractivity contribution in [3.05, 3.63) is 12.4 Å². The smallest absolute Gasteiger partial charge is 0.308 e. The van der Waals surface area contributed by atoms with Gasteiger partial charge in [0.25, 0.3) is 0 Å². The van der Waals surface area contributed by atoms with E-state index in [1.165, 1.54) is 0 Å². The van der Waals surface area contributed by atoms with Crippen molar-refractivity contribution in [2.45, 2.75) is 39.3 Å². The number of aliphatic hydroxyl groups is 1. The number of nitrogens with zero attached hydrogens (tertiary/aromatic N) is 2. The molecule has 0 aliphatic carbocycles. The number of carbonyl (C=O) groups excluding carboxylic acids is 1. The lowest BCUT2D eigenvalue weighted by Gasteiger charge is -2.09. The first-order valence-electron chi connectivity index (χ1n) is 6.14. The van der Waals surface area contributed by atoms with Crippen molar-refractivity contribution >= 4 is 5.97 Å². The highest BCUT2D eigenvalue weighted by atomic mass is 16.5. The Labute approximate surface area is 107 Å². The van der Waals surface area contributed by atoms with Crippen molar-refractivity contribution in [2.75, 3.05) is 13.2 Å². The maximum absolute atomic E-state index is 11.2. The number of rotatable bonds is 8. The van der Waals surface area contributed by atoms with Crippen molar-refractivity contribution in [3.8, 4) is 5.75 Å². The van der Waals surface area contributed by atoms with Gasteiger partial charge in [0.05, 0.1) is 44.7 Å². The zero-order valence-corrected chi connectivity index (χ0v) is 10.8. The van der Waals surface area contributed by atoms with Crippen LogP contribution in [0.5, 0.6) is 5.75 Å². The van der Waals surface area contributed by atoms with Gasteiger partial charge in [0.15, 0.2) is 5.75 Å². The van der Waals surface area contributed by atoms with Crippen LogP contribution in [0.4, 0.5) is 0 Å². The molecule has 1 rings (SSSR count). The predicted octanol–water partition coefficient (Wildman–Crippen LogP) is 0.986. The van der Waals surface area contributed by atoms with Crippen molar-refractivity contribution < 1.29 is 19.4 Å². The molecule has 102 valence electrons. The second-order valence-electron chi connectivity index (χ2n) is 3.91. The van der Waals surface area contributed by atoms with E-state index >= 15 is 0 Å². The molecule has 0 amide bonds. The van der Waals surface area contributed by atoms with Crippen LogP contribution in [0.25, 0.3) is 0 Å². The summed E-state index contributed by atoms with van der Waals surface area (Å²) >= 11 is 0. The molecule has 18 heavy (non-hydrogen) atoms. The Balaban J connectivity index is 2.37. The average molecular weight is 256 g/mol. The van der Waals surface area contributed by atoms with Crippen LogP contribution in [-0.2, 0) is 16.1 Å². The zero-order valence-electron chi connectivity index (χ0n) is 10.8. The Morgan fingerprint density at radius 3 is 3.00 bits per heavy atom. The van der Waals surface area contributed by atoms with Crippen LogP contribution < -0.4 is 4.74 Å². The topological polar surface area (TPSA) is 73.6 Å². The van der Waals surface area contributed by atoms with Crippen LogP contribution in [0.3, 0.4) is 0 Å². The first-order valence-corrected chi connectivity index (χ1v) is 6.14. The van der Waals surface area contributed by atoms with Gasteiger partial charge in [-0.2, -0.15) is 5.10 Å². The van der Waals surface area contributed by atoms with Crippen molar-refractivity contribution in [3.63, 3.8) is 0 Å². The standard InChI is InChI=1S/C12H20N2O4/c1-3-5-18-11-7-13-14(9-11)8-10(15)6-12(16)17-4-2/h7,9-10,15H,3-6,8H2,1-2H3. The first-order chi connectivity index (χ1) is 8.65. The molecule has 0 spiro atoms. The number of hydrogen-bond donors (Lipinski definition) is 1. The summed E-state index contributed by atoms with van der Waals surface area (Å²) in [6, 6.07) is 0. The molecule has 1 aromatic rings. The molecule has 1 N–H and O–H groups in total. The Hall–Kier alpha value is -1.56. The third-order valence-electron chi connectivity index (χ3n) is 2.19. The van der Waals surface area contributed by atoms with Gasteiger partial charge in [0.1, 0.15) is 0 Å². The maximum Gasteiger partial charge on any atom is 0.308 e. The normalized spacial score (nSPS) is 12.2. The lowest BCUT2D eigenvalue weighted by atomic mass is 10.2. The highest BCUT2D eigenvalue weighted by molar-refractivity contribution is 5.69. The average Bonchev–Trinajstić information content (AvgIpc) is 2.74. The van der Waals surface area contributed by atoms with Gasteiger partial charge >= 0.3 is 5.97 Å². The number of ether oxygens (including phenoxy) is 2. The number of aromatic nitrogens is 2. The quantitative estimate of drug-likeness (QED) is 0.702. The molecule has 0 aliphatic rings. The summed E-state index contributed by atoms with van der Waals surface area (Å²) in [4.78, 5) is 11.2. The summed E-state index contributed by atoms with van der Waals surface area (Å²) in [6.45, 7) is 4.95. The van der Waals surface area contributed by atoms with E-state index < -0.39 is 12.1 Å². The second kappa shape index (κ2) is 7.71. The van der Waals surface area contributed by atoms with E-state index in [2.05, 4.69) is 5.10 Å². The molecule has 0 saturated carbocycles. The van der Waals surface area contributed by atoms with Crippen LogP contribution in [0.1, 0.15) is 26.7 Å². The maximum atomic E-state index is 11.2. The van der Waals surface area contributed by atoms with Gasteiger partial charge in [0, 0.05) is 0 Å². The van der Waals surface area contributed by atoms with E-state index in [1.807, 2.05) is 6.92 Å². The Morgan fingerprint density at radius 2 is 2.33 bits per heavy atom. The summed E-state index contributed by atoms with van der Waals surface area (Å²) in [7, 11) is 0. The van der Waals surface area contributed by atoms with Gasteiger partial charge in [-0.1, -0.05) is 6.92 Å². The van der Waals surface area contributed by atoms with Crippen LogP contribution in [0.2, 0.25) is 0 Å². The lowest BCUT2D eigenvalue weighted by Crippen LogP contribution is -2.21. The second-order valence-corrected chi connectivity index (χ2v) is 3.91. The molecule has 1 heterocycles. The Kier molecular flexibility index (Phi) is 6.21. The Morgan fingerprint density at radius 1 is 1.56 bits per heavy atom. The van der Waals surface area contributed by atoms with Crippen molar-refractivity contribution in [2.24, 2.45) is 0 Å². The summed E-state index contributed by atoms with van der Waals surface area (Å²) in [5.74, 6) is 0.264. The highest BCUT2D eigenvalue weighted by Gasteiger charge is 2.13. The molecule has 0 aliphatic heterocycles. The fraction of sp³-hybridized carbons (Fsp3) is 0.667. The monoisotopic (exact) mass is 256 g/mol. The minimum Gasteiger partial charge on any atom is -0.490 e. The molecule has 6 heteroatoms. The van der Waals surface area contributed by atoms with Gasteiger partial charge in [0.2, 0.25) is 0 Å². The number of esters is 1. The predicted molar refractivity (Wildman–Crippen MR) is 65.3 cm³/mol. The summed E-state index contributed by atoms with van der Waals surface area (Å²) < 4.78 is 11.7. The van der Waals surface area contributed by atoms with Gasteiger partial charge in [-0.05, 0) is 13.3 Å². The molecule has 0 radical (unpaired) electrons. The molecule has 0 saturated heterocycles. The SMILES string of the molecule is CCCOc1cnn(CC(O)CC(=O)OCC)c1. The van der Waals surface area contributed by atoms with Gasteiger partial charge in [-0.15, -0.1) is 0 Å².